The van der Waals surface area contributed by atoms with Crippen LogP contribution in [0, 0.1) is 17.6 Å². The van der Waals surface area contributed by atoms with E-state index < -0.39 is 17.5 Å². The van der Waals surface area contributed by atoms with Crippen molar-refractivity contribution >= 4 is 29.1 Å². The molecular formula is C27H25F2N3O4. The highest BCUT2D eigenvalue weighted by Gasteiger charge is 2.29. The predicted molar refractivity (Wildman–Crippen MR) is 131 cm³/mol. The van der Waals surface area contributed by atoms with Gasteiger partial charge in [0.1, 0.15) is 17.4 Å². The van der Waals surface area contributed by atoms with Gasteiger partial charge in [-0.15, -0.1) is 0 Å². The maximum absolute atomic E-state index is 13.9. The van der Waals surface area contributed by atoms with Crippen molar-refractivity contribution in [3.63, 3.8) is 0 Å². The fourth-order valence-corrected chi connectivity index (χ4v) is 4.07. The van der Waals surface area contributed by atoms with Crippen LogP contribution in [0.3, 0.4) is 0 Å². The van der Waals surface area contributed by atoms with E-state index in [2.05, 4.69) is 10.6 Å². The van der Waals surface area contributed by atoms with E-state index in [1.165, 1.54) is 12.0 Å². The van der Waals surface area contributed by atoms with Gasteiger partial charge in [-0.05, 0) is 61.4 Å². The highest BCUT2D eigenvalue weighted by atomic mass is 19.1. The molecule has 3 aromatic rings. The van der Waals surface area contributed by atoms with Crippen molar-refractivity contribution in [2.24, 2.45) is 5.92 Å². The largest absolute Gasteiger partial charge is 0.495 e. The first-order valence-corrected chi connectivity index (χ1v) is 11.5. The third-order valence-corrected chi connectivity index (χ3v) is 6.08. The number of amides is 3. The number of ether oxygens (including phenoxy) is 1. The van der Waals surface area contributed by atoms with Crippen LogP contribution in [-0.2, 0) is 4.79 Å². The first kappa shape index (κ1) is 24.8. The average Bonchev–Trinajstić information content (AvgIpc) is 2.89. The summed E-state index contributed by atoms with van der Waals surface area (Å²) in [4.78, 5) is 39.3. The highest BCUT2D eigenvalue weighted by Crippen LogP contribution is 2.25. The van der Waals surface area contributed by atoms with E-state index in [9.17, 15) is 23.2 Å². The summed E-state index contributed by atoms with van der Waals surface area (Å²) in [6.07, 6.45) is 0.833. The molecule has 3 aromatic carbocycles. The third kappa shape index (κ3) is 5.68. The number of nitrogens with one attached hydrogen (secondary N) is 2. The summed E-state index contributed by atoms with van der Waals surface area (Å²) in [7, 11) is 1.52. The van der Waals surface area contributed by atoms with Crippen molar-refractivity contribution in [1.29, 1.82) is 0 Å². The maximum atomic E-state index is 13.9. The molecule has 1 aliphatic heterocycles. The van der Waals surface area contributed by atoms with Crippen LogP contribution < -0.4 is 15.4 Å². The van der Waals surface area contributed by atoms with E-state index >= 15 is 0 Å². The Morgan fingerprint density at radius 2 is 1.61 bits per heavy atom. The van der Waals surface area contributed by atoms with Gasteiger partial charge in [-0.3, -0.25) is 14.4 Å². The monoisotopic (exact) mass is 493 g/mol. The smallest absolute Gasteiger partial charge is 0.256 e. The van der Waals surface area contributed by atoms with Crippen molar-refractivity contribution in [3.05, 3.63) is 89.5 Å². The molecule has 1 aliphatic rings. The summed E-state index contributed by atoms with van der Waals surface area (Å²) in [6.45, 7) is 0.575. The van der Waals surface area contributed by atoms with Crippen LogP contribution in [0.25, 0.3) is 0 Å². The second-order valence-corrected chi connectivity index (χ2v) is 8.41. The van der Waals surface area contributed by atoms with Gasteiger partial charge < -0.3 is 20.3 Å². The number of anilines is 2. The second-order valence-electron chi connectivity index (χ2n) is 8.41. The number of carbonyl (C=O) groups is 3. The number of benzene rings is 3. The zero-order valence-corrected chi connectivity index (χ0v) is 19.6. The Hall–Kier alpha value is -4.27. The lowest BCUT2D eigenvalue weighted by atomic mass is 9.95. The number of methoxy groups -OCH3 is 1. The van der Waals surface area contributed by atoms with Gasteiger partial charge in [0.2, 0.25) is 5.91 Å². The predicted octanol–water partition coefficient (Wildman–Crippen LogP) is 4.72. The van der Waals surface area contributed by atoms with Gasteiger partial charge in [0, 0.05) is 36.3 Å². The Labute approximate surface area is 207 Å². The van der Waals surface area contributed by atoms with Gasteiger partial charge in [-0.25, -0.2) is 8.78 Å². The molecule has 0 bridgehead atoms. The molecule has 0 saturated carbocycles. The van der Waals surface area contributed by atoms with Gasteiger partial charge in [-0.1, -0.05) is 12.1 Å². The lowest BCUT2D eigenvalue weighted by Crippen LogP contribution is -2.41. The lowest BCUT2D eigenvalue weighted by Gasteiger charge is -2.31. The fraction of sp³-hybridized carbons (Fsp3) is 0.222. The molecule has 1 fully saturated rings. The molecule has 0 aromatic heterocycles. The van der Waals surface area contributed by atoms with Gasteiger partial charge in [-0.2, -0.15) is 0 Å². The summed E-state index contributed by atoms with van der Waals surface area (Å²) < 4.78 is 32.3. The molecule has 9 heteroatoms. The number of likely N-dealkylation sites (tertiary alicyclic amines) is 1. The number of hydrogen-bond donors (Lipinski definition) is 2. The van der Waals surface area contributed by atoms with Crippen LogP contribution in [0.2, 0.25) is 0 Å². The first-order valence-electron chi connectivity index (χ1n) is 11.5. The average molecular weight is 494 g/mol. The number of piperidine rings is 1. The zero-order chi connectivity index (χ0) is 25.7. The molecule has 0 aliphatic carbocycles. The molecule has 0 atom stereocenters. The Balaban J connectivity index is 1.30. The van der Waals surface area contributed by atoms with Gasteiger partial charge >= 0.3 is 0 Å². The molecule has 0 spiro atoms. The fourth-order valence-electron chi connectivity index (χ4n) is 4.07. The number of halogens is 2. The van der Waals surface area contributed by atoms with Gasteiger partial charge in [0.15, 0.2) is 0 Å². The quantitative estimate of drug-likeness (QED) is 0.520. The van der Waals surface area contributed by atoms with Crippen LogP contribution >= 0.6 is 0 Å². The molecular weight excluding hydrogens is 468 g/mol. The molecule has 0 unspecified atom stereocenters. The Morgan fingerprint density at radius 3 is 2.28 bits per heavy atom. The van der Waals surface area contributed by atoms with Crippen molar-refractivity contribution in [1.82, 2.24) is 4.90 Å². The van der Waals surface area contributed by atoms with Crippen LogP contribution in [0.1, 0.15) is 33.6 Å². The molecule has 7 nitrogen and oxygen atoms in total. The minimum Gasteiger partial charge on any atom is -0.495 e. The second kappa shape index (κ2) is 11.0. The van der Waals surface area contributed by atoms with Crippen molar-refractivity contribution in [3.8, 4) is 5.75 Å². The minimum absolute atomic E-state index is 0.186. The van der Waals surface area contributed by atoms with E-state index in [1.807, 2.05) is 0 Å². The van der Waals surface area contributed by atoms with E-state index in [-0.39, 0.29) is 36.4 Å². The summed E-state index contributed by atoms with van der Waals surface area (Å²) >= 11 is 0. The highest BCUT2D eigenvalue weighted by molar-refractivity contribution is 6.05. The van der Waals surface area contributed by atoms with Crippen LogP contribution in [0.4, 0.5) is 20.2 Å². The standard InChI is InChI=1S/C27H25F2N3O4/c1-36-24-5-3-2-4-23(24)31-26(34)17-6-9-20(10-7-17)30-25(33)18-12-14-32(15-13-18)27(35)21-11-8-19(28)16-22(21)29/h2-11,16,18H,12-15H2,1H3,(H,30,33)(H,31,34). The maximum Gasteiger partial charge on any atom is 0.256 e. The number of nitrogens with zero attached hydrogens (tertiary/aromatic N) is 1. The lowest BCUT2D eigenvalue weighted by molar-refractivity contribution is -0.121. The van der Waals surface area contributed by atoms with E-state index in [0.717, 1.165) is 12.1 Å². The first-order chi connectivity index (χ1) is 17.4. The zero-order valence-electron chi connectivity index (χ0n) is 19.6. The number of hydrogen-bond acceptors (Lipinski definition) is 4. The molecule has 1 heterocycles. The molecule has 186 valence electrons. The van der Waals surface area contributed by atoms with Crippen molar-refractivity contribution < 1.29 is 27.9 Å². The minimum atomic E-state index is -0.903. The van der Waals surface area contributed by atoms with Crippen LogP contribution in [0.15, 0.2) is 66.7 Å². The van der Waals surface area contributed by atoms with Crippen LogP contribution in [0.5, 0.6) is 5.75 Å². The van der Waals surface area contributed by atoms with Crippen LogP contribution in [-0.4, -0.2) is 42.8 Å². The van der Waals surface area contributed by atoms with Gasteiger partial charge in [0.05, 0.1) is 18.4 Å². The Morgan fingerprint density at radius 1 is 0.917 bits per heavy atom. The topological polar surface area (TPSA) is 87.7 Å². The summed E-state index contributed by atoms with van der Waals surface area (Å²) in [5, 5.41) is 5.64. The van der Waals surface area contributed by atoms with E-state index in [1.54, 1.807) is 48.5 Å². The van der Waals surface area contributed by atoms with E-state index in [4.69, 9.17) is 4.74 Å². The molecule has 3 amide bonds. The summed E-state index contributed by atoms with van der Waals surface area (Å²) in [5.41, 5.74) is 1.32. The van der Waals surface area contributed by atoms with Crippen molar-refractivity contribution in [2.45, 2.75) is 12.8 Å². The number of rotatable bonds is 6. The summed E-state index contributed by atoms with van der Waals surface area (Å²) in [5.74, 6) is -2.45. The van der Waals surface area contributed by atoms with Gasteiger partial charge in [0.25, 0.3) is 11.8 Å². The third-order valence-electron chi connectivity index (χ3n) is 6.08. The summed E-state index contributed by atoms with van der Waals surface area (Å²) in [6, 6.07) is 16.4. The molecule has 36 heavy (non-hydrogen) atoms. The van der Waals surface area contributed by atoms with E-state index in [0.29, 0.717) is 41.6 Å². The number of carbonyl (C=O) groups excluding carboxylic acids is 3. The molecule has 1 saturated heterocycles. The normalized spacial score (nSPS) is 13.7. The molecule has 0 radical (unpaired) electrons. The molecule has 4 rings (SSSR count). The Bertz CT molecular complexity index is 1270. The number of para-hydroxylation sites is 2. The Kier molecular flexibility index (Phi) is 7.58. The molecule has 2 N–H and O–H groups in total. The SMILES string of the molecule is COc1ccccc1NC(=O)c1ccc(NC(=O)C2CCN(C(=O)c3ccc(F)cc3F)CC2)cc1. The van der Waals surface area contributed by atoms with Crippen molar-refractivity contribution in [2.75, 3.05) is 30.8 Å².